The maximum absolute atomic E-state index is 11.9. The standard InChI is InChI=1S/C13H17NO5/c1-3-7(2)11(13(18)19)14-12(17)10-8(15)5-4-6-9(10)16/h4-7,11,15-16H,3H2,1-2H3,(H,14,17)(H,18,19). The summed E-state index contributed by atoms with van der Waals surface area (Å²) in [5.74, 6) is -3.04. The third-order valence-corrected chi connectivity index (χ3v) is 3.01. The molecule has 6 nitrogen and oxygen atoms in total. The number of amides is 1. The molecule has 2 atom stereocenters. The van der Waals surface area contributed by atoms with Crippen LogP contribution in [0, 0.1) is 5.92 Å². The average Bonchev–Trinajstić information content (AvgIpc) is 2.34. The van der Waals surface area contributed by atoms with Crippen molar-refractivity contribution in [3.05, 3.63) is 23.8 Å². The number of nitrogens with one attached hydrogen (secondary N) is 1. The van der Waals surface area contributed by atoms with Crippen LogP contribution in [0.1, 0.15) is 30.6 Å². The monoisotopic (exact) mass is 267 g/mol. The van der Waals surface area contributed by atoms with Crippen molar-refractivity contribution < 1.29 is 24.9 Å². The molecule has 1 aromatic carbocycles. The number of hydrogen-bond donors (Lipinski definition) is 4. The number of rotatable bonds is 5. The van der Waals surface area contributed by atoms with Gasteiger partial charge < -0.3 is 20.6 Å². The van der Waals surface area contributed by atoms with Crippen molar-refractivity contribution in [1.29, 1.82) is 0 Å². The van der Waals surface area contributed by atoms with E-state index in [1.807, 2.05) is 6.92 Å². The van der Waals surface area contributed by atoms with Crippen LogP contribution in [-0.2, 0) is 4.79 Å². The van der Waals surface area contributed by atoms with Crippen molar-refractivity contribution in [2.24, 2.45) is 5.92 Å². The first kappa shape index (κ1) is 14.8. The Morgan fingerprint density at radius 1 is 1.26 bits per heavy atom. The van der Waals surface area contributed by atoms with Crippen LogP contribution in [0.4, 0.5) is 0 Å². The summed E-state index contributed by atoms with van der Waals surface area (Å²) in [6.07, 6.45) is 0.573. The zero-order valence-corrected chi connectivity index (χ0v) is 10.8. The summed E-state index contributed by atoms with van der Waals surface area (Å²) < 4.78 is 0. The van der Waals surface area contributed by atoms with E-state index in [9.17, 15) is 19.8 Å². The molecule has 0 saturated carbocycles. The summed E-state index contributed by atoms with van der Waals surface area (Å²) in [5.41, 5.74) is -0.322. The van der Waals surface area contributed by atoms with Crippen LogP contribution in [0.25, 0.3) is 0 Å². The molecular formula is C13H17NO5. The first-order valence-corrected chi connectivity index (χ1v) is 5.93. The SMILES string of the molecule is CCC(C)C(NC(=O)c1c(O)cccc1O)C(=O)O. The predicted octanol–water partition coefficient (Wildman–Crippen LogP) is 1.33. The molecule has 19 heavy (non-hydrogen) atoms. The molecule has 0 aliphatic carbocycles. The maximum Gasteiger partial charge on any atom is 0.326 e. The lowest BCUT2D eigenvalue weighted by molar-refractivity contribution is -0.140. The predicted molar refractivity (Wildman–Crippen MR) is 68.1 cm³/mol. The molecule has 1 rings (SSSR count). The Bertz CT molecular complexity index is 466. The van der Waals surface area contributed by atoms with Gasteiger partial charge in [-0.15, -0.1) is 0 Å². The van der Waals surface area contributed by atoms with Gasteiger partial charge >= 0.3 is 5.97 Å². The lowest BCUT2D eigenvalue weighted by Crippen LogP contribution is -2.45. The van der Waals surface area contributed by atoms with Crippen molar-refractivity contribution in [2.45, 2.75) is 26.3 Å². The van der Waals surface area contributed by atoms with E-state index in [0.717, 1.165) is 0 Å². The van der Waals surface area contributed by atoms with Crippen LogP contribution < -0.4 is 5.32 Å². The van der Waals surface area contributed by atoms with Gasteiger partial charge in [-0.05, 0) is 18.1 Å². The number of phenolic OH excluding ortho intramolecular Hbond substituents is 2. The smallest absolute Gasteiger partial charge is 0.326 e. The van der Waals surface area contributed by atoms with E-state index < -0.39 is 29.4 Å². The fourth-order valence-corrected chi connectivity index (χ4v) is 1.66. The Morgan fingerprint density at radius 2 is 1.79 bits per heavy atom. The van der Waals surface area contributed by atoms with E-state index >= 15 is 0 Å². The van der Waals surface area contributed by atoms with Gasteiger partial charge in [-0.25, -0.2) is 4.79 Å². The minimum atomic E-state index is -1.15. The Kier molecular flexibility index (Phi) is 4.74. The van der Waals surface area contributed by atoms with Crippen LogP contribution >= 0.6 is 0 Å². The fraction of sp³-hybridized carbons (Fsp3) is 0.385. The van der Waals surface area contributed by atoms with Crippen molar-refractivity contribution in [3.8, 4) is 11.5 Å². The first-order valence-electron chi connectivity index (χ1n) is 5.93. The van der Waals surface area contributed by atoms with Gasteiger partial charge in [0.2, 0.25) is 0 Å². The van der Waals surface area contributed by atoms with Gasteiger partial charge in [0.1, 0.15) is 23.1 Å². The molecule has 4 N–H and O–H groups in total. The second kappa shape index (κ2) is 6.08. The minimum Gasteiger partial charge on any atom is -0.507 e. The molecule has 1 aromatic rings. The Labute approximate surface area is 110 Å². The zero-order chi connectivity index (χ0) is 14.6. The Hall–Kier alpha value is -2.24. The molecule has 0 spiro atoms. The summed E-state index contributed by atoms with van der Waals surface area (Å²) in [6, 6.07) is 2.79. The number of benzene rings is 1. The molecule has 1 amide bonds. The number of aromatic hydroxyl groups is 2. The number of phenols is 2. The quantitative estimate of drug-likeness (QED) is 0.643. The zero-order valence-electron chi connectivity index (χ0n) is 10.8. The van der Waals surface area contributed by atoms with Crippen LogP contribution in [0.5, 0.6) is 11.5 Å². The Morgan fingerprint density at radius 3 is 2.21 bits per heavy atom. The molecule has 0 bridgehead atoms. The van der Waals surface area contributed by atoms with Crippen LogP contribution in [0.3, 0.4) is 0 Å². The van der Waals surface area contributed by atoms with E-state index in [2.05, 4.69) is 5.32 Å². The summed E-state index contributed by atoms with van der Waals surface area (Å²) >= 11 is 0. The van der Waals surface area contributed by atoms with Crippen LogP contribution in [0.2, 0.25) is 0 Å². The second-order valence-corrected chi connectivity index (χ2v) is 4.35. The molecule has 6 heteroatoms. The highest BCUT2D eigenvalue weighted by molar-refractivity contribution is 6.01. The molecular weight excluding hydrogens is 250 g/mol. The summed E-state index contributed by atoms with van der Waals surface area (Å²) in [4.78, 5) is 23.0. The number of aliphatic carboxylic acids is 1. The van der Waals surface area contributed by atoms with Gasteiger partial charge in [0.25, 0.3) is 5.91 Å². The second-order valence-electron chi connectivity index (χ2n) is 4.35. The van der Waals surface area contributed by atoms with Gasteiger partial charge in [0.15, 0.2) is 0 Å². The van der Waals surface area contributed by atoms with Crippen molar-refractivity contribution >= 4 is 11.9 Å². The summed E-state index contributed by atoms with van der Waals surface area (Å²) in [7, 11) is 0. The molecule has 0 heterocycles. The van der Waals surface area contributed by atoms with E-state index in [4.69, 9.17) is 5.11 Å². The third kappa shape index (κ3) is 3.37. The molecule has 0 aliphatic rings. The highest BCUT2D eigenvalue weighted by atomic mass is 16.4. The molecule has 2 unspecified atom stereocenters. The number of hydrogen-bond acceptors (Lipinski definition) is 4. The van der Waals surface area contributed by atoms with Crippen LogP contribution in [0.15, 0.2) is 18.2 Å². The van der Waals surface area contributed by atoms with Gasteiger partial charge in [-0.2, -0.15) is 0 Å². The van der Waals surface area contributed by atoms with Crippen LogP contribution in [-0.4, -0.2) is 33.2 Å². The van der Waals surface area contributed by atoms with E-state index in [0.29, 0.717) is 6.42 Å². The van der Waals surface area contributed by atoms with Gasteiger partial charge in [0, 0.05) is 0 Å². The maximum atomic E-state index is 11.9. The highest BCUT2D eigenvalue weighted by Gasteiger charge is 2.27. The molecule has 0 aliphatic heterocycles. The number of carbonyl (C=O) groups is 2. The number of carboxylic acid groups (broad SMARTS) is 1. The van der Waals surface area contributed by atoms with E-state index in [-0.39, 0.29) is 11.5 Å². The summed E-state index contributed by atoms with van der Waals surface area (Å²) in [6.45, 7) is 3.51. The van der Waals surface area contributed by atoms with Crippen molar-refractivity contribution in [2.75, 3.05) is 0 Å². The molecule has 0 radical (unpaired) electrons. The highest BCUT2D eigenvalue weighted by Crippen LogP contribution is 2.26. The Balaban J connectivity index is 2.98. The fourth-order valence-electron chi connectivity index (χ4n) is 1.66. The van der Waals surface area contributed by atoms with Crippen molar-refractivity contribution in [3.63, 3.8) is 0 Å². The van der Waals surface area contributed by atoms with Gasteiger partial charge in [-0.1, -0.05) is 26.3 Å². The van der Waals surface area contributed by atoms with E-state index in [1.54, 1.807) is 6.92 Å². The topological polar surface area (TPSA) is 107 Å². The lowest BCUT2D eigenvalue weighted by atomic mass is 9.98. The van der Waals surface area contributed by atoms with Gasteiger partial charge in [0.05, 0.1) is 0 Å². The molecule has 0 aromatic heterocycles. The normalized spacial score (nSPS) is 13.6. The number of carboxylic acids is 1. The first-order chi connectivity index (χ1) is 8.88. The summed E-state index contributed by atoms with van der Waals surface area (Å²) in [5, 5.41) is 30.5. The largest absolute Gasteiger partial charge is 0.507 e. The van der Waals surface area contributed by atoms with Crippen molar-refractivity contribution in [1.82, 2.24) is 5.32 Å². The van der Waals surface area contributed by atoms with Gasteiger partial charge in [-0.3, -0.25) is 4.79 Å². The lowest BCUT2D eigenvalue weighted by Gasteiger charge is -2.20. The minimum absolute atomic E-state index is 0.269. The molecule has 104 valence electrons. The molecule has 0 fully saturated rings. The van der Waals surface area contributed by atoms with E-state index in [1.165, 1.54) is 18.2 Å². The average molecular weight is 267 g/mol. The number of carbonyl (C=O) groups excluding carboxylic acids is 1. The third-order valence-electron chi connectivity index (χ3n) is 3.01. The molecule has 0 saturated heterocycles.